The highest BCUT2D eigenvalue weighted by molar-refractivity contribution is 5.77. The Hall–Kier alpha value is -2.76. The number of nitrogens with one attached hydrogen (secondary N) is 1. The molecule has 0 aliphatic rings. The zero-order valence-electron chi connectivity index (χ0n) is 11.6. The number of para-hydroxylation sites is 2. The summed E-state index contributed by atoms with van der Waals surface area (Å²) in [6.07, 6.45) is 1.61. The van der Waals surface area contributed by atoms with E-state index < -0.39 is 0 Å². The number of nitrogens with zero attached hydrogens (tertiary/aromatic N) is 1. The van der Waals surface area contributed by atoms with E-state index in [9.17, 15) is 9.90 Å². The zero-order chi connectivity index (χ0) is 15.1. The van der Waals surface area contributed by atoms with Crippen molar-refractivity contribution in [1.82, 2.24) is 10.3 Å². The van der Waals surface area contributed by atoms with Crippen LogP contribution in [0.4, 0.5) is 0 Å². The van der Waals surface area contributed by atoms with Gasteiger partial charge in [0.1, 0.15) is 0 Å². The molecule has 21 heavy (non-hydrogen) atoms. The van der Waals surface area contributed by atoms with E-state index in [2.05, 4.69) is 10.3 Å². The quantitative estimate of drug-likeness (QED) is 0.841. The van der Waals surface area contributed by atoms with E-state index >= 15 is 0 Å². The fourth-order valence-electron chi connectivity index (χ4n) is 1.65. The highest BCUT2D eigenvalue weighted by atomic mass is 16.5. The number of phenols is 1. The number of pyridine rings is 1. The molecule has 0 aliphatic carbocycles. The van der Waals surface area contributed by atoms with Crippen molar-refractivity contribution in [3.63, 3.8) is 0 Å². The first kappa shape index (κ1) is 14.6. The van der Waals surface area contributed by atoms with E-state index in [-0.39, 0.29) is 24.0 Å². The summed E-state index contributed by atoms with van der Waals surface area (Å²) in [4.78, 5) is 15.7. The van der Waals surface area contributed by atoms with Crippen molar-refractivity contribution in [3.8, 4) is 17.4 Å². The zero-order valence-corrected chi connectivity index (χ0v) is 11.6. The number of benzene rings is 1. The molecule has 0 radical (unpaired) electrons. The van der Waals surface area contributed by atoms with Gasteiger partial charge in [0, 0.05) is 18.8 Å². The summed E-state index contributed by atoms with van der Waals surface area (Å²) >= 11 is 0. The van der Waals surface area contributed by atoms with Gasteiger partial charge in [0.05, 0.1) is 7.11 Å². The Morgan fingerprint density at radius 3 is 2.90 bits per heavy atom. The molecular weight excluding hydrogens is 272 g/mol. The van der Waals surface area contributed by atoms with Crippen LogP contribution in [0.25, 0.3) is 0 Å². The molecule has 0 bridgehead atoms. The maximum absolute atomic E-state index is 11.7. The molecule has 0 spiro atoms. The molecule has 1 aromatic heterocycles. The Morgan fingerprint density at radius 2 is 2.14 bits per heavy atom. The Kier molecular flexibility index (Phi) is 4.98. The Morgan fingerprint density at radius 1 is 1.33 bits per heavy atom. The summed E-state index contributed by atoms with van der Waals surface area (Å²) in [5.41, 5.74) is 0.873. The first-order valence-electron chi connectivity index (χ1n) is 6.35. The smallest absolute Gasteiger partial charge is 0.258 e. The van der Waals surface area contributed by atoms with Crippen LogP contribution in [-0.2, 0) is 11.3 Å². The lowest BCUT2D eigenvalue weighted by molar-refractivity contribution is -0.123. The second kappa shape index (κ2) is 7.14. The van der Waals surface area contributed by atoms with Crippen molar-refractivity contribution < 1.29 is 19.4 Å². The fourth-order valence-corrected chi connectivity index (χ4v) is 1.65. The lowest BCUT2D eigenvalue weighted by Gasteiger charge is -2.09. The number of hydrogen-bond acceptors (Lipinski definition) is 5. The van der Waals surface area contributed by atoms with Gasteiger partial charge in [-0.2, -0.15) is 0 Å². The van der Waals surface area contributed by atoms with Gasteiger partial charge >= 0.3 is 0 Å². The monoisotopic (exact) mass is 288 g/mol. The third kappa shape index (κ3) is 4.38. The molecular formula is C15H16N2O4. The standard InChI is InChI=1S/C15H16N2O4/c1-20-15-8-11(6-7-16-15)9-17-14(19)10-21-13-5-3-2-4-12(13)18/h2-8,18H,9-10H2,1H3,(H,17,19). The second-order valence-electron chi connectivity index (χ2n) is 4.24. The van der Waals surface area contributed by atoms with Gasteiger partial charge in [-0.1, -0.05) is 12.1 Å². The first-order chi connectivity index (χ1) is 10.2. The summed E-state index contributed by atoms with van der Waals surface area (Å²) in [6.45, 7) is 0.182. The van der Waals surface area contributed by atoms with E-state index in [4.69, 9.17) is 9.47 Å². The Labute approximate surface area is 122 Å². The fraction of sp³-hybridized carbons (Fsp3) is 0.200. The van der Waals surface area contributed by atoms with Gasteiger partial charge in [-0.05, 0) is 23.8 Å². The summed E-state index contributed by atoms with van der Waals surface area (Å²) < 4.78 is 10.2. The van der Waals surface area contributed by atoms with Crippen LogP contribution in [0, 0.1) is 0 Å². The highest BCUT2D eigenvalue weighted by Crippen LogP contribution is 2.23. The second-order valence-corrected chi connectivity index (χ2v) is 4.24. The van der Waals surface area contributed by atoms with Gasteiger partial charge in [0.25, 0.3) is 5.91 Å². The Balaban J connectivity index is 1.81. The van der Waals surface area contributed by atoms with Gasteiger partial charge in [0.2, 0.25) is 5.88 Å². The minimum absolute atomic E-state index is 0.00386. The van der Waals surface area contributed by atoms with Gasteiger partial charge in [-0.25, -0.2) is 4.98 Å². The predicted molar refractivity (Wildman–Crippen MR) is 76.2 cm³/mol. The molecule has 110 valence electrons. The Bertz CT molecular complexity index is 616. The van der Waals surface area contributed by atoms with E-state index in [1.807, 2.05) is 0 Å². The third-order valence-corrected chi connectivity index (χ3v) is 2.72. The molecule has 0 unspecified atom stereocenters. The number of aromatic hydroxyl groups is 1. The molecule has 6 heteroatoms. The molecule has 0 saturated heterocycles. The minimum atomic E-state index is -0.283. The number of ether oxygens (including phenoxy) is 2. The van der Waals surface area contributed by atoms with E-state index in [1.54, 1.807) is 36.5 Å². The number of methoxy groups -OCH3 is 1. The van der Waals surface area contributed by atoms with Crippen LogP contribution < -0.4 is 14.8 Å². The molecule has 0 aliphatic heterocycles. The van der Waals surface area contributed by atoms with Gasteiger partial charge < -0.3 is 19.9 Å². The topological polar surface area (TPSA) is 80.7 Å². The maximum atomic E-state index is 11.7. The number of carbonyl (C=O) groups excluding carboxylic acids is 1. The molecule has 2 aromatic rings. The number of aromatic nitrogens is 1. The van der Waals surface area contributed by atoms with E-state index in [1.165, 1.54) is 13.2 Å². The average Bonchev–Trinajstić information content (AvgIpc) is 2.52. The molecule has 0 atom stereocenters. The van der Waals surface area contributed by atoms with Crippen LogP contribution in [0.2, 0.25) is 0 Å². The molecule has 2 N–H and O–H groups in total. The van der Waals surface area contributed by atoms with Gasteiger partial charge in [0.15, 0.2) is 18.1 Å². The van der Waals surface area contributed by atoms with E-state index in [0.29, 0.717) is 12.4 Å². The van der Waals surface area contributed by atoms with Crippen LogP contribution in [0.15, 0.2) is 42.6 Å². The lowest BCUT2D eigenvalue weighted by atomic mass is 10.2. The maximum Gasteiger partial charge on any atom is 0.258 e. The molecule has 1 heterocycles. The first-order valence-corrected chi connectivity index (χ1v) is 6.35. The largest absolute Gasteiger partial charge is 0.504 e. The van der Waals surface area contributed by atoms with Crippen LogP contribution in [0.5, 0.6) is 17.4 Å². The molecule has 6 nitrogen and oxygen atoms in total. The number of carbonyl (C=O) groups is 1. The van der Waals surface area contributed by atoms with Crippen molar-refractivity contribution in [2.75, 3.05) is 13.7 Å². The van der Waals surface area contributed by atoms with Crippen molar-refractivity contribution >= 4 is 5.91 Å². The van der Waals surface area contributed by atoms with Crippen LogP contribution in [0.3, 0.4) is 0 Å². The van der Waals surface area contributed by atoms with Crippen LogP contribution in [-0.4, -0.2) is 29.7 Å². The normalized spacial score (nSPS) is 9.95. The van der Waals surface area contributed by atoms with Crippen LogP contribution in [0.1, 0.15) is 5.56 Å². The SMILES string of the molecule is COc1cc(CNC(=O)COc2ccccc2O)ccn1. The minimum Gasteiger partial charge on any atom is -0.504 e. The molecule has 0 saturated carbocycles. The highest BCUT2D eigenvalue weighted by Gasteiger charge is 2.06. The number of hydrogen-bond donors (Lipinski definition) is 2. The number of rotatable bonds is 6. The summed E-state index contributed by atoms with van der Waals surface area (Å²) in [5, 5.41) is 12.2. The molecule has 0 fully saturated rings. The summed E-state index contributed by atoms with van der Waals surface area (Å²) in [5.74, 6) is 0.489. The number of phenolic OH excluding ortho intramolecular Hbond substituents is 1. The van der Waals surface area contributed by atoms with Crippen molar-refractivity contribution in [2.45, 2.75) is 6.54 Å². The molecule has 2 rings (SSSR count). The lowest BCUT2D eigenvalue weighted by Crippen LogP contribution is -2.28. The predicted octanol–water partition coefficient (Wildman–Crippen LogP) is 1.49. The van der Waals surface area contributed by atoms with E-state index in [0.717, 1.165) is 5.56 Å². The van der Waals surface area contributed by atoms with Crippen LogP contribution >= 0.6 is 0 Å². The molecule has 1 amide bonds. The van der Waals surface area contributed by atoms with Crippen molar-refractivity contribution in [3.05, 3.63) is 48.2 Å². The summed E-state index contributed by atoms with van der Waals surface area (Å²) in [7, 11) is 1.53. The average molecular weight is 288 g/mol. The number of amides is 1. The van der Waals surface area contributed by atoms with Gasteiger partial charge in [-0.3, -0.25) is 4.79 Å². The van der Waals surface area contributed by atoms with Crippen molar-refractivity contribution in [1.29, 1.82) is 0 Å². The van der Waals surface area contributed by atoms with Crippen molar-refractivity contribution in [2.24, 2.45) is 0 Å². The third-order valence-electron chi connectivity index (χ3n) is 2.72. The summed E-state index contributed by atoms with van der Waals surface area (Å²) in [6, 6.07) is 10.0. The van der Waals surface area contributed by atoms with Gasteiger partial charge in [-0.15, -0.1) is 0 Å². The molecule has 1 aromatic carbocycles.